The number of ether oxygens (including phenoxy) is 2. The normalized spacial score (nSPS) is 39.4. The van der Waals surface area contributed by atoms with Crippen molar-refractivity contribution >= 4 is 5.78 Å². The Morgan fingerprint density at radius 2 is 2.00 bits per heavy atom. The van der Waals surface area contributed by atoms with Gasteiger partial charge in [-0.25, -0.2) is 0 Å². The van der Waals surface area contributed by atoms with Gasteiger partial charge < -0.3 is 9.47 Å². The summed E-state index contributed by atoms with van der Waals surface area (Å²) in [4.78, 5) is 12.7. The molecule has 3 aliphatic rings. The Bertz CT molecular complexity index is 652. The molecule has 25 heavy (non-hydrogen) atoms. The van der Waals surface area contributed by atoms with Crippen LogP contribution in [-0.2, 0) is 9.47 Å². The summed E-state index contributed by atoms with van der Waals surface area (Å²) in [5, 5.41) is 0. The standard InChI is InChI=1S/C22H30O3/c1-5-17(19(23)14-9-7-6-8-10-14)24-18-13-15-16-11-12-22(4,20(15)25-18)21(16,2)3/h6-10,15-18,20H,5,11-13H2,1-4H3/t15-,16+,17-,18-,20-,22-/m0/s1. The molecule has 3 nitrogen and oxygen atoms in total. The first kappa shape index (κ1) is 17.2. The first-order valence-corrected chi connectivity index (χ1v) is 9.78. The van der Waals surface area contributed by atoms with Crippen LogP contribution in [0, 0.1) is 22.7 Å². The van der Waals surface area contributed by atoms with Gasteiger partial charge in [0, 0.05) is 12.0 Å². The van der Waals surface area contributed by atoms with Crippen molar-refractivity contribution in [3.63, 3.8) is 0 Å². The Hall–Kier alpha value is -1.19. The maximum Gasteiger partial charge on any atom is 0.191 e. The number of carbonyl (C=O) groups is 1. The molecule has 6 atom stereocenters. The van der Waals surface area contributed by atoms with Crippen LogP contribution >= 0.6 is 0 Å². The second-order valence-corrected chi connectivity index (χ2v) is 8.93. The van der Waals surface area contributed by atoms with Gasteiger partial charge in [-0.1, -0.05) is 58.0 Å². The van der Waals surface area contributed by atoms with Crippen molar-refractivity contribution in [2.75, 3.05) is 0 Å². The number of hydrogen-bond acceptors (Lipinski definition) is 3. The zero-order chi connectivity index (χ0) is 17.8. The minimum atomic E-state index is -0.412. The Morgan fingerprint density at radius 1 is 1.28 bits per heavy atom. The zero-order valence-electron chi connectivity index (χ0n) is 15.8. The van der Waals surface area contributed by atoms with E-state index in [0.29, 0.717) is 17.8 Å². The van der Waals surface area contributed by atoms with Crippen LogP contribution in [-0.4, -0.2) is 24.3 Å². The number of hydrogen-bond donors (Lipinski definition) is 0. The molecule has 0 spiro atoms. The smallest absolute Gasteiger partial charge is 0.191 e. The highest BCUT2D eigenvalue weighted by molar-refractivity contribution is 5.99. The zero-order valence-corrected chi connectivity index (χ0v) is 15.8. The molecule has 1 saturated heterocycles. The van der Waals surface area contributed by atoms with Gasteiger partial charge in [0.05, 0.1) is 6.10 Å². The van der Waals surface area contributed by atoms with E-state index in [-0.39, 0.29) is 23.6 Å². The third-order valence-corrected chi connectivity index (χ3v) is 7.71. The topological polar surface area (TPSA) is 35.5 Å². The summed E-state index contributed by atoms with van der Waals surface area (Å²) in [5.74, 6) is 1.38. The van der Waals surface area contributed by atoms with E-state index in [1.165, 1.54) is 12.8 Å². The van der Waals surface area contributed by atoms with E-state index in [4.69, 9.17) is 9.47 Å². The van der Waals surface area contributed by atoms with Crippen molar-refractivity contribution in [3.8, 4) is 0 Å². The van der Waals surface area contributed by atoms with E-state index < -0.39 is 6.10 Å². The summed E-state index contributed by atoms with van der Waals surface area (Å²) in [6, 6.07) is 9.46. The number of Topliss-reactive ketones (excluding diaryl/α,β-unsaturated/α-hetero) is 1. The second kappa shape index (κ2) is 5.92. The largest absolute Gasteiger partial charge is 0.349 e. The molecule has 3 heteroatoms. The lowest BCUT2D eigenvalue weighted by Gasteiger charge is -2.38. The Kier molecular flexibility index (Phi) is 4.08. The van der Waals surface area contributed by atoms with E-state index >= 15 is 0 Å². The lowest BCUT2D eigenvalue weighted by molar-refractivity contribution is -0.177. The Morgan fingerprint density at radius 3 is 2.64 bits per heavy atom. The van der Waals surface area contributed by atoms with E-state index in [2.05, 4.69) is 20.8 Å². The van der Waals surface area contributed by atoms with Crippen LogP contribution in [0.2, 0.25) is 0 Å². The molecular weight excluding hydrogens is 312 g/mol. The Balaban J connectivity index is 1.46. The van der Waals surface area contributed by atoms with E-state index in [9.17, 15) is 4.79 Å². The molecule has 1 aromatic carbocycles. The van der Waals surface area contributed by atoms with Crippen molar-refractivity contribution in [1.82, 2.24) is 0 Å². The summed E-state index contributed by atoms with van der Waals surface area (Å²) in [6.45, 7) is 9.23. The van der Waals surface area contributed by atoms with Crippen LogP contribution < -0.4 is 0 Å². The second-order valence-electron chi connectivity index (χ2n) is 8.93. The van der Waals surface area contributed by atoms with Gasteiger partial charge in [0.1, 0.15) is 6.10 Å². The molecule has 1 heterocycles. The fourth-order valence-electron chi connectivity index (χ4n) is 5.89. The quantitative estimate of drug-likeness (QED) is 0.718. The van der Waals surface area contributed by atoms with E-state index in [0.717, 1.165) is 17.9 Å². The molecule has 1 aromatic rings. The summed E-state index contributed by atoms with van der Waals surface area (Å²) < 4.78 is 12.6. The van der Waals surface area contributed by atoms with Crippen molar-refractivity contribution in [1.29, 1.82) is 0 Å². The molecule has 0 radical (unpaired) electrons. The van der Waals surface area contributed by atoms with Gasteiger partial charge in [-0.2, -0.15) is 0 Å². The molecule has 2 bridgehead atoms. The van der Waals surface area contributed by atoms with Gasteiger partial charge in [0.25, 0.3) is 0 Å². The van der Waals surface area contributed by atoms with Crippen LogP contribution in [0.15, 0.2) is 30.3 Å². The molecule has 3 fully saturated rings. The van der Waals surface area contributed by atoms with Gasteiger partial charge in [0.15, 0.2) is 12.1 Å². The third kappa shape index (κ3) is 2.43. The summed E-state index contributed by atoms with van der Waals surface area (Å²) in [5.41, 5.74) is 1.31. The van der Waals surface area contributed by atoms with Crippen LogP contribution in [0.3, 0.4) is 0 Å². The highest BCUT2D eigenvalue weighted by atomic mass is 16.7. The minimum Gasteiger partial charge on any atom is -0.349 e. The molecule has 2 aliphatic carbocycles. The maximum absolute atomic E-state index is 12.7. The third-order valence-electron chi connectivity index (χ3n) is 7.71. The summed E-state index contributed by atoms with van der Waals surface area (Å²) >= 11 is 0. The molecular formula is C22H30O3. The number of ketones is 1. The molecule has 2 saturated carbocycles. The number of carbonyl (C=O) groups excluding carboxylic acids is 1. The SMILES string of the molecule is CC[C@H](O[C@@H]1C[C@H]2[C@H]3CC[C@@](C)([C@H]2O1)C3(C)C)C(=O)c1ccccc1. The van der Waals surface area contributed by atoms with Crippen molar-refractivity contribution in [2.24, 2.45) is 22.7 Å². The number of rotatable bonds is 5. The molecule has 0 N–H and O–H groups in total. The summed E-state index contributed by atoms with van der Waals surface area (Å²) in [7, 11) is 0. The first-order chi connectivity index (χ1) is 11.9. The van der Waals surface area contributed by atoms with Crippen molar-refractivity contribution in [2.45, 2.75) is 71.9 Å². The van der Waals surface area contributed by atoms with E-state index in [1.807, 2.05) is 37.3 Å². The molecule has 1 aliphatic heterocycles. The van der Waals surface area contributed by atoms with Gasteiger partial charge in [-0.3, -0.25) is 4.79 Å². The number of benzene rings is 1. The first-order valence-electron chi connectivity index (χ1n) is 9.78. The van der Waals surface area contributed by atoms with Gasteiger partial charge in [-0.15, -0.1) is 0 Å². The fourth-order valence-corrected chi connectivity index (χ4v) is 5.89. The van der Waals surface area contributed by atoms with Crippen molar-refractivity contribution < 1.29 is 14.3 Å². The molecule has 136 valence electrons. The summed E-state index contributed by atoms with van der Waals surface area (Å²) in [6.07, 6.45) is 3.81. The minimum absolute atomic E-state index is 0.0678. The molecule has 4 rings (SSSR count). The maximum atomic E-state index is 12.7. The van der Waals surface area contributed by atoms with Crippen LogP contribution in [0.4, 0.5) is 0 Å². The monoisotopic (exact) mass is 342 g/mol. The molecule has 0 aromatic heterocycles. The predicted octanol–water partition coefficient (Wildman–Crippen LogP) is 4.85. The number of fused-ring (bicyclic) bond motifs is 5. The van der Waals surface area contributed by atoms with Crippen LogP contribution in [0.5, 0.6) is 0 Å². The van der Waals surface area contributed by atoms with Crippen LogP contribution in [0.25, 0.3) is 0 Å². The van der Waals surface area contributed by atoms with Gasteiger partial charge in [0.2, 0.25) is 0 Å². The van der Waals surface area contributed by atoms with Crippen molar-refractivity contribution in [3.05, 3.63) is 35.9 Å². The average Bonchev–Trinajstić information content (AvgIpc) is 3.17. The molecule has 0 unspecified atom stereocenters. The average molecular weight is 342 g/mol. The van der Waals surface area contributed by atoms with Crippen LogP contribution in [0.1, 0.15) is 63.7 Å². The predicted molar refractivity (Wildman–Crippen MR) is 97.3 cm³/mol. The fraction of sp³-hybridized carbons (Fsp3) is 0.682. The van der Waals surface area contributed by atoms with E-state index in [1.54, 1.807) is 0 Å². The highest BCUT2D eigenvalue weighted by Crippen LogP contribution is 2.71. The van der Waals surface area contributed by atoms with Gasteiger partial charge >= 0.3 is 0 Å². The highest BCUT2D eigenvalue weighted by Gasteiger charge is 2.69. The lowest BCUT2D eigenvalue weighted by Crippen LogP contribution is -2.38. The Labute approximate surface area is 151 Å². The van der Waals surface area contributed by atoms with Gasteiger partial charge in [-0.05, 0) is 41.9 Å². The molecule has 0 amide bonds. The lowest BCUT2D eigenvalue weighted by atomic mass is 9.70.